The van der Waals surface area contributed by atoms with E-state index in [0.717, 1.165) is 6.07 Å². The molecule has 2 rings (SSSR count). The monoisotopic (exact) mass is 319 g/mol. The Bertz CT molecular complexity index is 676. The third-order valence-electron chi connectivity index (χ3n) is 2.35. The van der Waals surface area contributed by atoms with Crippen LogP contribution in [0.1, 0.15) is 10.4 Å². The summed E-state index contributed by atoms with van der Waals surface area (Å²) < 4.78 is 13.5. The van der Waals surface area contributed by atoms with E-state index in [0.29, 0.717) is 10.6 Å². The van der Waals surface area contributed by atoms with E-state index in [1.165, 1.54) is 18.2 Å². The Kier molecular flexibility index (Phi) is 3.94. The number of nitrogens with zero attached hydrogens (tertiary/aromatic N) is 1. The number of benzene rings is 1. The van der Waals surface area contributed by atoms with E-state index in [2.05, 4.69) is 4.98 Å². The van der Waals surface area contributed by atoms with Crippen molar-refractivity contribution >= 4 is 40.8 Å². The average molecular weight is 321 g/mol. The highest BCUT2D eigenvalue weighted by atomic mass is 35.5. The molecule has 1 aromatic heterocycles. The van der Waals surface area contributed by atoms with Gasteiger partial charge in [-0.3, -0.25) is 0 Å². The number of pyridine rings is 1. The van der Waals surface area contributed by atoms with Crippen molar-refractivity contribution in [2.75, 3.05) is 0 Å². The molecule has 0 spiro atoms. The van der Waals surface area contributed by atoms with Crippen molar-refractivity contribution in [2.24, 2.45) is 0 Å². The minimum atomic E-state index is -1.40. The number of hydrogen-bond donors (Lipinski definition) is 1. The molecular weight excluding hydrogens is 315 g/mol. The minimum absolute atomic E-state index is 0.150. The Labute approximate surface area is 122 Å². The number of rotatable bonds is 2. The lowest BCUT2D eigenvalue weighted by Gasteiger charge is -2.07. The Morgan fingerprint density at radius 2 is 1.89 bits per heavy atom. The van der Waals surface area contributed by atoms with Crippen molar-refractivity contribution in [1.82, 2.24) is 4.98 Å². The van der Waals surface area contributed by atoms with Crippen molar-refractivity contribution < 1.29 is 14.3 Å². The first-order valence-electron chi connectivity index (χ1n) is 4.95. The molecule has 0 fully saturated rings. The van der Waals surface area contributed by atoms with Crippen LogP contribution in [-0.2, 0) is 0 Å². The second-order valence-corrected chi connectivity index (χ2v) is 4.81. The van der Waals surface area contributed by atoms with Gasteiger partial charge < -0.3 is 5.11 Å². The third-order valence-corrected chi connectivity index (χ3v) is 3.37. The van der Waals surface area contributed by atoms with Gasteiger partial charge in [-0.25, -0.2) is 9.78 Å². The Balaban J connectivity index is 2.60. The van der Waals surface area contributed by atoms with E-state index in [1.807, 2.05) is 0 Å². The summed E-state index contributed by atoms with van der Waals surface area (Å²) in [5, 5.41) is 9.41. The van der Waals surface area contributed by atoms with Crippen LogP contribution in [0.15, 0.2) is 24.3 Å². The standard InChI is InChI=1S/C12H5Cl3FNO2/c13-5-3-7(10(15)8(14)4-5)9-2-1-6(12(18)19)11(16)17-9/h1-4H,(H,18,19). The molecule has 1 heterocycles. The fourth-order valence-electron chi connectivity index (χ4n) is 1.49. The molecular formula is C12H5Cl3FNO2. The highest BCUT2D eigenvalue weighted by molar-refractivity contribution is 6.45. The third kappa shape index (κ3) is 2.81. The topological polar surface area (TPSA) is 50.2 Å². The van der Waals surface area contributed by atoms with Crippen LogP contribution in [-0.4, -0.2) is 16.1 Å². The number of aromatic carboxylic acids is 1. The lowest BCUT2D eigenvalue weighted by atomic mass is 10.1. The second kappa shape index (κ2) is 5.33. The predicted octanol–water partition coefficient (Wildman–Crippen LogP) is 4.55. The van der Waals surface area contributed by atoms with E-state index >= 15 is 0 Å². The quantitative estimate of drug-likeness (QED) is 0.652. The summed E-state index contributed by atoms with van der Waals surface area (Å²) >= 11 is 17.7. The maximum absolute atomic E-state index is 13.5. The highest BCUT2D eigenvalue weighted by Crippen LogP contribution is 2.35. The van der Waals surface area contributed by atoms with E-state index < -0.39 is 17.5 Å². The first kappa shape index (κ1) is 14.1. The van der Waals surface area contributed by atoms with Gasteiger partial charge in [-0.15, -0.1) is 0 Å². The number of hydrogen-bond acceptors (Lipinski definition) is 2. The summed E-state index contributed by atoms with van der Waals surface area (Å²) in [5.74, 6) is -2.50. The molecule has 3 nitrogen and oxygen atoms in total. The van der Waals surface area contributed by atoms with Crippen LogP contribution in [0.5, 0.6) is 0 Å². The lowest BCUT2D eigenvalue weighted by Crippen LogP contribution is -2.03. The average Bonchev–Trinajstić information content (AvgIpc) is 2.33. The van der Waals surface area contributed by atoms with Gasteiger partial charge in [-0.05, 0) is 24.3 Å². The first-order chi connectivity index (χ1) is 8.90. The zero-order valence-electron chi connectivity index (χ0n) is 9.12. The van der Waals surface area contributed by atoms with Gasteiger partial charge in [0, 0.05) is 10.6 Å². The van der Waals surface area contributed by atoms with Crippen molar-refractivity contribution in [2.45, 2.75) is 0 Å². The van der Waals surface area contributed by atoms with Gasteiger partial charge in [0.25, 0.3) is 0 Å². The fraction of sp³-hybridized carbons (Fsp3) is 0. The van der Waals surface area contributed by atoms with E-state index in [-0.39, 0.29) is 15.7 Å². The summed E-state index contributed by atoms with van der Waals surface area (Å²) in [5.41, 5.74) is -0.0418. The smallest absolute Gasteiger partial charge is 0.340 e. The summed E-state index contributed by atoms with van der Waals surface area (Å²) in [7, 11) is 0. The van der Waals surface area contributed by atoms with Crippen LogP contribution in [0, 0.1) is 5.95 Å². The van der Waals surface area contributed by atoms with Gasteiger partial charge in [0.2, 0.25) is 5.95 Å². The Morgan fingerprint density at radius 1 is 1.21 bits per heavy atom. The van der Waals surface area contributed by atoms with E-state index in [9.17, 15) is 9.18 Å². The predicted molar refractivity (Wildman–Crippen MR) is 71.6 cm³/mol. The SMILES string of the molecule is O=C(O)c1ccc(-c2cc(Cl)cc(Cl)c2Cl)nc1F. The minimum Gasteiger partial charge on any atom is -0.478 e. The molecule has 19 heavy (non-hydrogen) atoms. The molecule has 98 valence electrons. The van der Waals surface area contributed by atoms with Crippen molar-refractivity contribution in [3.8, 4) is 11.3 Å². The zero-order valence-corrected chi connectivity index (χ0v) is 11.4. The summed E-state index contributed by atoms with van der Waals surface area (Å²) in [6, 6.07) is 5.35. The number of halogens is 4. The van der Waals surface area contributed by atoms with Crippen LogP contribution in [0.3, 0.4) is 0 Å². The zero-order chi connectivity index (χ0) is 14.2. The molecule has 0 saturated heterocycles. The summed E-state index contributed by atoms with van der Waals surface area (Å²) in [6.07, 6.45) is 0. The van der Waals surface area contributed by atoms with Gasteiger partial charge >= 0.3 is 5.97 Å². The fourth-order valence-corrected chi connectivity index (χ4v) is 2.19. The molecule has 0 bridgehead atoms. The van der Waals surface area contributed by atoms with E-state index in [4.69, 9.17) is 39.9 Å². The molecule has 0 aliphatic carbocycles. The largest absolute Gasteiger partial charge is 0.478 e. The van der Waals surface area contributed by atoms with Crippen LogP contribution < -0.4 is 0 Å². The Morgan fingerprint density at radius 3 is 2.47 bits per heavy atom. The normalized spacial score (nSPS) is 10.5. The van der Waals surface area contributed by atoms with Gasteiger partial charge in [-0.2, -0.15) is 4.39 Å². The van der Waals surface area contributed by atoms with Gasteiger partial charge in [0.15, 0.2) is 0 Å². The molecule has 0 unspecified atom stereocenters. The van der Waals surface area contributed by atoms with Crippen molar-refractivity contribution in [1.29, 1.82) is 0 Å². The molecule has 2 aromatic rings. The highest BCUT2D eigenvalue weighted by Gasteiger charge is 2.15. The van der Waals surface area contributed by atoms with Crippen LogP contribution >= 0.6 is 34.8 Å². The first-order valence-corrected chi connectivity index (χ1v) is 6.08. The van der Waals surface area contributed by atoms with Crippen LogP contribution in [0.4, 0.5) is 4.39 Å². The molecule has 0 saturated carbocycles. The van der Waals surface area contributed by atoms with E-state index in [1.54, 1.807) is 0 Å². The number of carboxylic acids is 1. The number of carboxylic acid groups (broad SMARTS) is 1. The van der Waals surface area contributed by atoms with Gasteiger partial charge in [0.05, 0.1) is 15.7 Å². The maximum Gasteiger partial charge on any atom is 0.340 e. The molecule has 0 radical (unpaired) electrons. The molecule has 0 amide bonds. The molecule has 0 aliphatic heterocycles. The molecule has 1 aromatic carbocycles. The Hall–Kier alpha value is -1.36. The molecule has 0 aliphatic rings. The lowest BCUT2D eigenvalue weighted by molar-refractivity contribution is 0.0691. The van der Waals surface area contributed by atoms with Crippen LogP contribution in [0.2, 0.25) is 15.1 Å². The number of aromatic nitrogens is 1. The van der Waals surface area contributed by atoms with Crippen molar-refractivity contribution in [3.63, 3.8) is 0 Å². The summed E-state index contributed by atoms with van der Waals surface area (Å²) in [6.45, 7) is 0. The van der Waals surface area contributed by atoms with Crippen LogP contribution in [0.25, 0.3) is 11.3 Å². The maximum atomic E-state index is 13.5. The van der Waals surface area contributed by atoms with Crippen molar-refractivity contribution in [3.05, 3.63) is 50.8 Å². The number of carbonyl (C=O) groups is 1. The molecule has 7 heteroatoms. The van der Waals surface area contributed by atoms with Gasteiger partial charge in [0.1, 0.15) is 5.56 Å². The second-order valence-electron chi connectivity index (χ2n) is 3.59. The summed E-state index contributed by atoms with van der Waals surface area (Å²) in [4.78, 5) is 14.3. The van der Waals surface area contributed by atoms with Gasteiger partial charge in [-0.1, -0.05) is 34.8 Å². The molecule has 0 atom stereocenters. The molecule has 1 N–H and O–H groups in total.